The van der Waals surface area contributed by atoms with Gasteiger partial charge in [-0.15, -0.1) is 0 Å². The number of ether oxygens (including phenoxy) is 2. The zero-order valence-electron chi connectivity index (χ0n) is 22.6. The number of carbonyl (C=O) groups excluding carboxylic acids is 3. The van der Waals surface area contributed by atoms with Crippen LogP contribution in [0.1, 0.15) is 38.2 Å². The summed E-state index contributed by atoms with van der Waals surface area (Å²) in [5.74, 6) is -2.44. The topological polar surface area (TPSA) is 97.0 Å². The van der Waals surface area contributed by atoms with Crippen molar-refractivity contribution in [2.45, 2.75) is 62.9 Å². The van der Waals surface area contributed by atoms with Gasteiger partial charge in [-0.3, -0.25) is 14.4 Å². The third kappa shape index (κ3) is 4.36. The van der Waals surface area contributed by atoms with Gasteiger partial charge in [0.05, 0.1) is 25.0 Å². The van der Waals surface area contributed by atoms with Gasteiger partial charge >= 0.3 is 0 Å². The summed E-state index contributed by atoms with van der Waals surface area (Å²) in [5, 5.41) is 6.09. The Hall–Kier alpha value is -3.72. The molecule has 2 aromatic carbocycles. The molecule has 8 nitrogen and oxygen atoms in total. The number of hydrogen-bond donors (Lipinski definition) is 2. The van der Waals surface area contributed by atoms with E-state index in [9.17, 15) is 18.8 Å². The maximum atomic E-state index is 14.7. The van der Waals surface area contributed by atoms with Crippen LogP contribution in [-0.4, -0.2) is 53.5 Å². The van der Waals surface area contributed by atoms with E-state index in [1.165, 1.54) is 11.0 Å². The lowest BCUT2D eigenvalue weighted by Gasteiger charge is -2.36. The van der Waals surface area contributed by atoms with Crippen molar-refractivity contribution in [1.82, 2.24) is 10.2 Å². The van der Waals surface area contributed by atoms with Gasteiger partial charge in [-0.2, -0.15) is 0 Å². The van der Waals surface area contributed by atoms with Gasteiger partial charge in [0.15, 0.2) is 0 Å². The molecule has 3 heterocycles. The number of anilines is 1. The van der Waals surface area contributed by atoms with Crippen LogP contribution in [0, 0.1) is 23.6 Å². The van der Waals surface area contributed by atoms with Gasteiger partial charge in [0.2, 0.25) is 17.7 Å². The molecule has 2 saturated heterocycles. The van der Waals surface area contributed by atoms with Crippen molar-refractivity contribution in [3.63, 3.8) is 0 Å². The fourth-order valence-electron chi connectivity index (χ4n) is 6.97. The van der Waals surface area contributed by atoms with Gasteiger partial charge in [0.25, 0.3) is 0 Å². The Balaban J connectivity index is 1.33. The highest BCUT2D eigenvalue weighted by atomic mass is 19.1. The second-order valence-electron chi connectivity index (χ2n) is 11.4. The minimum atomic E-state index is -1.31. The number of nitrogens with zero attached hydrogens (tertiary/aromatic N) is 1. The van der Waals surface area contributed by atoms with Crippen LogP contribution in [0.25, 0.3) is 0 Å². The first-order chi connectivity index (χ1) is 19.3. The number of halogens is 1. The fraction of sp³-hybridized carbons (Fsp3) is 0.452. The molecule has 1 saturated carbocycles. The highest BCUT2D eigenvalue weighted by Gasteiger charge is 2.72. The molecule has 2 aromatic rings. The lowest BCUT2D eigenvalue weighted by molar-refractivity contribution is -0.142. The lowest BCUT2D eigenvalue weighted by Crippen LogP contribution is -2.57. The monoisotopic (exact) mass is 547 g/mol. The van der Waals surface area contributed by atoms with Crippen LogP contribution in [0.15, 0.2) is 60.7 Å². The lowest BCUT2D eigenvalue weighted by atomic mass is 9.74. The van der Waals surface area contributed by atoms with Crippen molar-refractivity contribution in [2.24, 2.45) is 17.8 Å². The molecular formula is C31H34FN3O5. The summed E-state index contributed by atoms with van der Waals surface area (Å²) >= 11 is 0. The minimum Gasteiger partial charge on any atom is -0.497 e. The Morgan fingerprint density at radius 3 is 2.70 bits per heavy atom. The Morgan fingerprint density at radius 2 is 1.93 bits per heavy atom. The molecule has 1 aliphatic carbocycles. The maximum absolute atomic E-state index is 14.7. The standard InChI is InChI=1S/C31H34FN3O5/c1-18-8-3-6-13-23(18)34-29(37)27-31-15-14-24(40-31)25(28(36)33-20-10-7-11-21(16-20)39-2)26(31)30(38)35(27)17-19-9-4-5-12-22(19)32/h4-5,7,9-12,14-16,18,23-27H,3,6,8,13,17H2,1-2H3,(H,33,36)(H,34,37). The number of carbonyl (C=O) groups is 3. The summed E-state index contributed by atoms with van der Waals surface area (Å²) in [6.07, 6.45) is 6.92. The largest absolute Gasteiger partial charge is 0.497 e. The molecule has 3 aliphatic heterocycles. The summed E-state index contributed by atoms with van der Waals surface area (Å²) in [4.78, 5) is 43.2. The summed E-state index contributed by atoms with van der Waals surface area (Å²) in [6, 6.07) is 12.1. The van der Waals surface area contributed by atoms with Crippen LogP contribution in [0.4, 0.5) is 10.1 Å². The Morgan fingerprint density at radius 1 is 1.12 bits per heavy atom. The van der Waals surface area contributed by atoms with E-state index in [4.69, 9.17) is 9.47 Å². The first kappa shape index (κ1) is 26.5. The molecule has 40 heavy (non-hydrogen) atoms. The van der Waals surface area contributed by atoms with E-state index < -0.39 is 41.3 Å². The predicted octanol–water partition coefficient (Wildman–Crippen LogP) is 3.82. The van der Waals surface area contributed by atoms with Crippen LogP contribution in [0.5, 0.6) is 5.75 Å². The zero-order valence-corrected chi connectivity index (χ0v) is 22.6. The molecule has 1 spiro atoms. The average Bonchev–Trinajstić information content (AvgIpc) is 3.59. The number of benzene rings is 2. The smallest absolute Gasteiger partial charge is 0.246 e. The van der Waals surface area contributed by atoms with E-state index in [1.54, 1.807) is 61.7 Å². The number of rotatable bonds is 7. The fourth-order valence-corrected chi connectivity index (χ4v) is 6.97. The number of amides is 3. The van der Waals surface area contributed by atoms with Crippen LogP contribution in [0.2, 0.25) is 0 Å². The van der Waals surface area contributed by atoms with Crippen LogP contribution in [-0.2, 0) is 25.7 Å². The average molecular weight is 548 g/mol. The number of nitrogens with one attached hydrogen (secondary N) is 2. The molecule has 3 fully saturated rings. The molecular weight excluding hydrogens is 513 g/mol. The molecule has 7 atom stereocenters. The van der Waals surface area contributed by atoms with E-state index >= 15 is 0 Å². The Bertz CT molecular complexity index is 1360. The second kappa shape index (κ2) is 10.4. The summed E-state index contributed by atoms with van der Waals surface area (Å²) in [5.41, 5.74) is -0.489. The summed E-state index contributed by atoms with van der Waals surface area (Å²) in [7, 11) is 1.54. The summed E-state index contributed by atoms with van der Waals surface area (Å²) < 4.78 is 26.4. The van der Waals surface area contributed by atoms with E-state index in [1.807, 2.05) is 0 Å². The van der Waals surface area contributed by atoms with Gasteiger partial charge < -0.3 is 25.0 Å². The molecule has 2 bridgehead atoms. The third-order valence-corrected chi connectivity index (χ3v) is 9.00. The molecule has 4 aliphatic rings. The molecule has 3 amide bonds. The number of methoxy groups -OCH3 is 1. The molecule has 7 unspecified atom stereocenters. The normalized spacial score (nSPS) is 32.2. The van der Waals surface area contributed by atoms with Gasteiger partial charge in [-0.25, -0.2) is 4.39 Å². The van der Waals surface area contributed by atoms with Crippen molar-refractivity contribution in [1.29, 1.82) is 0 Å². The van der Waals surface area contributed by atoms with Gasteiger partial charge in [0.1, 0.15) is 23.2 Å². The SMILES string of the molecule is COc1cccc(NC(=O)C2C3C=CC4(O3)C2C(=O)N(Cc2ccccc2F)C4C(=O)NC2CCCCC2C)c1. The highest BCUT2D eigenvalue weighted by Crippen LogP contribution is 2.55. The molecule has 6 rings (SSSR count). The van der Waals surface area contributed by atoms with E-state index in [0.717, 1.165) is 25.7 Å². The number of fused-ring (bicyclic) bond motifs is 1. The highest BCUT2D eigenvalue weighted by molar-refractivity contribution is 6.02. The van der Waals surface area contributed by atoms with Crippen LogP contribution < -0.4 is 15.4 Å². The van der Waals surface area contributed by atoms with E-state index in [-0.39, 0.29) is 24.4 Å². The van der Waals surface area contributed by atoms with Crippen molar-refractivity contribution >= 4 is 23.4 Å². The van der Waals surface area contributed by atoms with Crippen molar-refractivity contribution in [3.05, 3.63) is 72.1 Å². The Labute approximate surface area is 232 Å². The van der Waals surface area contributed by atoms with Gasteiger partial charge in [0, 0.05) is 29.9 Å². The molecule has 9 heteroatoms. The Kier molecular flexibility index (Phi) is 6.86. The van der Waals surface area contributed by atoms with Crippen molar-refractivity contribution in [2.75, 3.05) is 12.4 Å². The zero-order chi connectivity index (χ0) is 28.0. The van der Waals surface area contributed by atoms with E-state index in [2.05, 4.69) is 17.6 Å². The first-order valence-electron chi connectivity index (χ1n) is 14.0. The second-order valence-corrected chi connectivity index (χ2v) is 11.4. The quantitative estimate of drug-likeness (QED) is 0.514. The van der Waals surface area contributed by atoms with Crippen LogP contribution in [0.3, 0.4) is 0 Å². The molecule has 210 valence electrons. The molecule has 0 radical (unpaired) electrons. The van der Waals surface area contributed by atoms with Gasteiger partial charge in [-0.1, -0.05) is 56.2 Å². The number of hydrogen-bond acceptors (Lipinski definition) is 5. The minimum absolute atomic E-state index is 0.0168. The first-order valence-corrected chi connectivity index (χ1v) is 14.0. The van der Waals surface area contributed by atoms with Crippen LogP contribution >= 0.6 is 0 Å². The third-order valence-electron chi connectivity index (χ3n) is 9.00. The van der Waals surface area contributed by atoms with Crippen molar-refractivity contribution in [3.8, 4) is 5.75 Å². The van der Waals surface area contributed by atoms with E-state index in [0.29, 0.717) is 22.9 Å². The van der Waals surface area contributed by atoms with Crippen molar-refractivity contribution < 1.29 is 28.2 Å². The summed E-state index contributed by atoms with van der Waals surface area (Å²) in [6.45, 7) is 2.02. The number of likely N-dealkylation sites (tertiary alicyclic amines) is 1. The predicted molar refractivity (Wildman–Crippen MR) is 146 cm³/mol. The maximum Gasteiger partial charge on any atom is 0.246 e. The molecule has 0 aromatic heterocycles. The molecule has 2 N–H and O–H groups in total. The van der Waals surface area contributed by atoms with Gasteiger partial charge in [-0.05, 0) is 37.0 Å².